The molecule has 0 spiro atoms. The van der Waals surface area contributed by atoms with E-state index in [1.807, 2.05) is 0 Å². The van der Waals surface area contributed by atoms with Gasteiger partial charge in [-0.05, 0) is 30.3 Å². The maximum absolute atomic E-state index is 12.9. The molecule has 0 aliphatic heterocycles. The van der Waals surface area contributed by atoms with Crippen molar-refractivity contribution in [2.45, 2.75) is 0 Å². The molecule has 3 nitrogen and oxygen atoms in total. The summed E-state index contributed by atoms with van der Waals surface area (Å²) in [4.78, 5) is 12.4. The van der Waals surface area contributed by atoms with Gasteiger partial charge in [-0.3, -0.25) is 4.79 Å². The molecule has 2 aromatic rings. The van der Waals surface area contributed by atoms with E-state index in [0.717, 1.165) is 10.9 Å². The summed E-state index contributed by atoms with van der Waals surface area (Å²) in [5.41, 5.74) is 2.53. The van der Waals surface area contributed by atoms with Gasteiger partial charge >= 0.3 is 0 Å². The number of carbonyl (C=O) groups excluding carboxylic acids is 1. The lowest BCUT2D eigenvalue weighted by atomic mass is 10.2. The molecule has 1 N–H and O–H groups in total. The third-order valence-corrected chi connectivity index (χ3v) is 3.20. The number of benzene rings is 1. The van der Waals surface area contributed by atoms with Crippen LogP contribution in [-0.4, -0.2) is 12.1 Å². The zero-order chi connectivity index (χ0) is 13.0. The van der Waals surface area contributed by atoms with Crippen LogP contribution in [0.2, 0.25) is 4.34 Å². The normalized spacial score (nSPS) is 10.8. The number of thiophene rings is 1. The van der Waals surface area contributed by atoms with Crippen LogP contribution in [-0.2, 0) is 0 Å². The Morgan fingerprint density at radius 2 is 2.22 bits per heavy atom. The summed E-state index contributed by atoms with van der Waals surface area (Å²) in [5, 5.41) is 3.77. The number of nitrogens with one attached hydrogen (secondary N) is 1. The fourth-order valence-corrected chi connectivity index (χ4v) is 2.18. The van der Waals surface area contributed by atoms with E-state index in [2.05, 4.69) is 10.5 Å². The van der Waals surface area contributed by atoms with Gasteiger partial charge in [0.05, 0.1) is 10.6 Å². The van der Waals surface area contributed by atoms with E-state index in [9.17, 15) is 9.18 Å². The van der Waals surface area contributed by atoms with Gasteiger partial charge in [-0.15, -0.1) is 11.3 Å². The van der Waals surface area contributed by atoms with E-state index in [4.69, 9.17) is 11.6 Å². The van der Waals surface area contributed by atoms with Crippen molar-refractivity contribution in [3.05, 3.63) is 57.0 Å². The minimum atomic E-state index is -0.464. The van der Waals surface area contributed by atoms with E-state index in [0.29, 0.717) is 4.34 Å². The van der Waals surface area contributed by atoms with Gasteiger partial charge in [0.2, 0.25) is 0 Å². The largest absolute Gasteiger partial charge is 0.271 e. The van der Waals surface area contributed by atoms with Crippen LogP contribution >= 0.6 is 22.9 Å². The molecule has 0 saturated heterocycles. The van der Waals surface area contributed by atoms with Crippen molar-refractivity contribution >= 4 is 35.1 Å². The zero-order valence-electron chi connectivity index (χ0n) is 9.06. The standard InChI is InChI=1S/C12H8ClFN2OS/c13-11-5-4-10(18-11)7-15-16-12(17)8-2-1-3-9(14)6-8/h1-7H,(H,16,17)/b15-7-. The molecule has 2 rings (SSSR count). The van der Waals surface area contributed by atoms with Gasteiger partial charge in [-0.25, -0.2) is 9.82 Å². The topological polar surface area (TPSA) is 41.5 Å². The predicted octanol–water partition coefficient (Wildman–Crippen LogP) is 3.30. The highest BCUT2D eigenvalue weighted by molar-refractivity contribution is 7.17. The maximum Gasteiger partial charge on any atom is 0.271 e. The molecule has 0 aliphatic carbocycles. The monoisotopic (exact) mass is 282 g/mol. The lowest BCUT2D eigenvalue weighted by Crippen LogP contribution is -2.17. The third kappa shape index (κ3) is 3.38. The molecule has 0 saturated carbocycles. The lowest BCUT2D eigenvalue weighted by molar-refractivity contribution is 0.0954. The van der Waals surface area contributed by atoms with E-state index in [1.165, 1.54) is 35.8 Å². The quantitative estimate of drug-likeness (QED) is 0.681. The Morgan fingerprint density at radius 1 is 1.39 bits per heavy atom. The lowest BCUT2D eigenvalue weighted by Gasteiger charge is -1.98. The van der Waals surface area contributed by atoms with Crippen molar-refractivity contribution in [3.8, 4) is 0 Å². The second-order valence-corrected chi connectivity index (χ2v) is 5.10. The summed E-state index contributed by atoms with van der Waals surface area (Å²) in [6.07, 6.45) is 1.48. The average Bonchev–Trinajstić information content (AvgIpc) is 2.75. The van der Waals surface area contributed by atoms with E-state index >= 15 is 0 Å². The summed E-state index contributed by atoms with van der Waals surface area (Å²) in [6.45, 7) is 0. The fraction of sp³-hybridized carbons (Fsp3) is 0. The summed E-state index contributed by atoms with van der Waals surface area (Å²) in [7, 11) is 0. The van der Waals surface area contributed by atoms with Crippen molar-refractivity contribution in [3.63, 3.8) is 0 Å². The molecular formula is C12H8ClFN2OS. The first-order chi connectivity index (χ1) is 8.65. The second-order valence-electron chi connectivity index (χ2n) is 3.35. The smallest absolute Gasteiger partial charge is 0.267 e. The minimum absolute atomic E-state index is 0.219. The summed E-state index contributed by atoms with van der Waals surface area (Å²) in [6, 6.07) is 8.91. The molecule has 0 unspecified atom stereocenters. The van der Waals surface area contributed by atoms with Crippen LogP contribution in [0.4, 0.5) is 4.39 Å². The molecule has 6 heteroatoms. The third-order valence-electron chi connectivity index (χ3n) is 2.04. The van der Waals surface area contributed by atoms with Gasteiger partial charge < -0.3 is 0 Å². The number of hydrogen-bond donors (Lipinski definition) is 1. The number of nitrogens with zero attached hydrogens (tertiary/aromatic N) is 1. The molecule has 18 heavy (non-hydrogen) atoms. The van der Waals surface area contributed by atoms with Crippen LogP contribution < -0.4 is 5.43 Å². The molecule has 0 bridgehead atoms. The van der Waals surface area contributed by atoms with E-state index < -0.39 is 11.7 Å². The Bertz CT molecular complexity index is 597. The Hall–Kier alpha value is -1.72. The highest BCUT2D eigenvalue weighted by Crippen LogP contribution is 2.19. The van der Waals surface area contributed by atoms with Crippen LogP contribution in [0.15, 0.2) is 41.5 Å². The van der Waals surface area contributed by atoms with E-state index in [-0.39, 0.29) is 5.56 Å². The molecule has 92 valence electrons. The van der Waals surface area contributed by atoms with Crippen LogP contribution in [0, 0.1) is 5.82 Å². The molecule has 1 amide bonds. The first-order valence-corrected chi connectivity index (χ1v) is 6.19. The number of rotatable bonds is 3. The van der Waals surface area contributed by atoms with Gasteiger partial charge in [0, 0.05) is 10.4 Å². The first-order valence-electron chi connectivity index (χ1n) is 4.99. The van der Waals surface area contributed by atoms with Crippen molar-refractivity contribution in [1.29, 1.82) is 0 Å². The SMILES string of the molecule is O=C(N/N=C\c1ccc(Cl)s1)c1cccc(F)c1. The number of hydrogen-bond acceptors (Lipinski definition) is 3. The van der Waals surface area contributed by atoms with Gasteiger partial charge in [0.1, 0.15) is 5.82 Å². The minimum Gasteiger partial charge on any atom is -0.267 e. The highest BCUT2D eigenvalue weighted by atomic mass is 35.5. The fourth-order valence-electron chi connectivity index (χ4n) is 1.25. The second kappa shape index (κ2) is 5.75. The predicted molar refractivity (Wildman–Crippen MR) is 70.8 cm³/mol. The van der Waals surface area contributed by atoms with Crippen LogP contribution in [0.3, 0.4) is 0 Å². The van der Waals surface area contributed by atoms with Gasteiger partial charge in [0.15, 0.2) is 0 Å². The summed E-state index contributed by atoms with van der Waals surface area (Å²) >= 11 is 7.09. The molecule has 0 aliphatic rings. The molecule has 0 fully saturated rings. The molecule has 0 atom stereocenters. The van der Waals surface area contributed by atoms with Crippen molar-refractivity contribution in [2.24, 2.45) is 5.10 Å². The van der Waals surface area contributed by atoms with Crippen molar-refractivity contribution in [1.82, 2.24) is 5.43 Å². The molecule has 1 aromatic heterocycles. The number of amides is 1. The Kier molecular flexibility index (Phi) is 4.07. The number of hydrazone groups is 1. The van der Waals surface area contributed by atoms with Crippen LogP contribution in [0.5, 0.6) is 0 Å². The molecule has 0 radical (unpaired) electrons. The maximum atomic E-state index is 12.9. The van der Waals surface area contributed by atoms with Crippen LogP contribution in [0.1, 0.15) is 15.2 Å². The number of carbonyl (C=O) groups is 1. The van der Waals surface area contributed by atoms with Gasteiger partial charge in [-0.2, -0.15) is 5.10 Å². The number of halogens is 2. The average molecular weight is 283 g/mol. The summed E-state index contributed by atoms with van der Waals surface area (Å²) in [5.74, 6) is -0.926. The highest BCUT2D eigenvalue weighted by Gasteiger charge is 2.04. The van der Waals surface area contributed by atoms with Crippen molar-refractivity contribution < 1.29 is 9.18 Å². The first kappa shape index (κ1) is 12.7. The van der Waals surface area contributed by atoms with E-state index in [1.54, 1.807) is 12.1 Å². The van der Waals surface area contributed by atoms with Crippen molar-refractivity contribution in [2.75, 3.05) is 0 Å². The molecular weight excluding hydrogens is 275 g/mol. The van der Waals surface area contributed by atoms with Gasteiger partial charge in [0.25, 0.3) is 5.91 Å². The van der Waals surface area contributed by atoms with Crippen LogP contribution in [0.25, 0.3) is 0 Å². The Morgan fingerprint density at radius 3 is 2.89 bits per heavy atom. The van der Waals surface area contributed by atoms with Gasteiger partial charge in [-0.1, -0.05) is 17.7 Å². The Balaban J connectivity index is 1.98. The molecule has 1 heterocycles. The Labute approximate surface area is 112 Å². The zero-order valence-corrected chi connectivity index (χ0v) is 10.6. The summed E-state index contributed by atoms with van der Waals surface area (Å²) < 4.78 is 13.5. The molecule has 1 aromatic carbocycles.